The Morgan fingerprint density at radius 1 is 1.36 bits per heavy atom. The molecule has 3 heterocycles. The quantitative estimate of drug-likeness (QED) is 0.751. The molecule has 0 bridgehead atoms. The number of amides is 1. The van der Waals surface area contributed by atoms with E-state index in [0.717, 1.165) is 24.5 Å². The van der Waals surface area contributed by atoms with Crippen LogP contribution in [0.3, 0.4) is 0 Å². The van der Waals surface area contributed by atoms with Crippen molar-refractivity contribution in [1.82, 2.24) is 19.4 Å². The van der Waals surface area contributed by atoms with E-state index >= 15 is 0 Å². The number of pyridine rings is 1. The number of ether oxygens (including phenoxy) is 2. The zero-order valence-corrected chi connectivity index (χ0v) is 14.9. The van der Waals surface area contributed by atoms with Gasteiger partial charge in [0.15, 0.2) is 0 Å². The lowest BCUT2D eigenvalue weighted by Gasteiger charge is -2.34. The molecule has 0 fully saturated rings. The number of fused-ring (bicyclic) bond motifs is 1. The number of hydrogen-bond donors (Lipinski definition) is 0. The van der Waals surface area contributed by atoms with Crippen LogP contribution >= 0.6 is 0 Å². The van der Waals surface area contributed by atoms with Crippen LogP contribution in [0.2, 0.25) is 0 Å². The van der Waals surface area contributed by atoms with Crippen molar-refractivity contribution in [3.8, 4) is 5.88 Å². The van der Waals surface area contributed by atoms with Crippen LogP contribution < -0.4 is 4.74 Å². The van der Waals surface area contributed by atoms with E-state index in [-0.39, 0.29) is 11.9 Å². The molecule has 0 N–H and O–H groups in total. The molecule has 0 saturated heterocycles. The van der Waals surface area contributed by atoms with Gasteiger partial charge in [-0.05, 0) is 26.0 Å². The van der Waals surface area contributed by atoms with Crippen molar-refractivity contribution in [3.05, 3.63) is 41.6 Å². The minimum atomic E-state index is -0.105. The Kier molecular flexibility index (Phi) is 5.33. The Bertz CT molecular complexity index is 744. The highest BCUT2D eigenvalue weighted by atomic mass is 16.5. The number of nitrogens with zero attached hydrogens (tertiary/aromatic N) is 4. The number of rotatable bonds is 6. The third-order valence-electron chi connectivity index (χ3n) is 4.54. The summed E-state index contributed by atoms with van der Waals surface area (Å²) in [4.78, 5) is 23.5. The standard InChI is InChI=1S/C18H24N4O3/c1-4-25-11-7-14-12-20-16-13(2)21(9-10-22(14)16)18(23)15-6-5-8-19-17(15)24-3/h5-6,8,12-13H,4,7,9-11H2,1-3H3/t13-/m0/s1. The normalized spacial score (nSPS) is 16.6. The summed E-state index contributed by atoms with van der Waals surface area (Å²) in [5.41, 5.74) is 1.63. The Morgan fingerprint density at radius 2 is 2.20 bits per heavy atom. The van der Waals surface area contributed by atoms with E-state index in [4.69, 9.17) is 9.47 Å². The van der Waals surface area contributed by atoms with Crippen molar-refractivity contribution < 1.29 is 14.3 Å². The van der Waals surface area contributed by atoms with Gasteiger partial charge in [0.05, 0.1) is 19.8 Å². The van der Waals surface area contributed by atoms with Gasteiger partial charge in [-0.1, -0.05) is 0 Å². The van der Waals surface area contributed by atoms with E-state index < -0.39 is 0 Å². The molecule has 134 valence electrons. The molecule has 25 heavy (non-hydrogen) atoms. The topological polar surface area (TPSA) is 69.5 Å². The second kappa shape index (κ2) is 7.65. The van der Waals surface area contributed by atoms with Crippen molar-refractivity contribution in [1.29, 1.82) is 0 Å². The van der Waals surface area contributed by atoms with E-state index in [1.165, 1.54) is 7.11 Å². The first kappa shape index (κ1) is 17.4. The highest BCUT2D eigenvalue weighted by molar-refractivity contribution is 5.96. The molecule has 0 spiro atoms. The lowest BCUT2D eigenvalue weighted by atomic mass is 10.1. The van der Waals surface area contributed by atoms with Crippen molar-refractivity contribution >= 4 is 5.91 Å². The van der Waals surface area contributed by atoms with Gasteiger partial charge in [-0.25, -0.2) is 9.97 Å². The zero-order chi connectivity index (χ0) is 17.8. The molecular formula is C18H24N4O3. The van der Waals surface area contributed by atoms with Gasteiger partial charge in [0.2, 0.25) is 5.88 Å². The molecule has 0 radical (unpaired) electrons. The van der Waals surface area contributed by atoms with Crippen LogP contribution in [0.25, 0.3) is 0 Å². The van der Waals surface area contributed by atoms with E-state index in [9.17, 15) is 4.79 Å². The van der Waals surface area contributed by atoms with Gasteiger partial charge in [0.1, 0.15) is 11.4 Å². The van der Waals surface area contributed by atoms with Gasteiger partial charge in [-0.2, -0.15) is 0 Å². The van der Waals surface area contributed by atoms with Crippen LogP contribution in [0, 0.1) is 0 Å². The number of carbonyl (C=O) groups excluding carboxylic acids is 1. The van der Waals surface area contributed by atoms with Crippen LogP contribution in [-0.2, 0) is 17.7 Å². The van der Waals surface area contributed by atoms with E-state index in [2.05, 4.69) is 14.5 Å². The SMILES string of the molecule is CCOCCc1cnc2n1CCN(C(=O)c1cccnc1OC)[C@H]2C. The Balaban J connectivity index is 1.80. The summed E-state index contributed by atoms with van der Waals surface area (Å²) >= 11 is 0. The second-order valence-electron chi connectivity index (χ2n) is 5.94. The summed E-state index contributed by atoms with van der Waals surface area (Å²) in [6.07, 6.45) is 4.34. The summed E-state index contributed by atoms with van der Waals surface area (Å²) in [7, 11) is 1.52. The fourth-order valence-electron chi connectivity index (χ4n) is 3.23. The van der Waals surface area contributed by atoms with E-state index in [1.54, 1.807) is 18.3 Å². The molecule has 1 amide bonds. The van der Waals surface area contributed by atoms with Gasteiger partial charge in [0.25, 0.3) is 5.91 Å². The highest BCUT2D eigenvalue weighted by Gasteiger charge is 2.32. The van der Waals surface area contributed by atoms with Crippen molar-refractivity contribution in [2.75, 3.05) is 26.9 Å². The average molecular weight is 344 g/mol. The molecule has 0 unspecified atom stereocenters. The van der Waals surface area contributed by atoms with E-state index in [1.807, 2.05) is 24.9 Å². The fourth-order valence-corrected chi connectivity index (χ4v) is 3.23. The van der Waals surface area contributed by atoms with Gasteiger partial charge in [-0.3, -0.25) is 4.79 Å². The molecule has 1 aliphatic heterocycles. The first-order valence-corrected chi connectivity index (χ1v) is 8.59. The molecule has 2 aromatic heterocycles. The zero-order valence-electron chi connectivity index (χ0n) is 14.9. The Morgan fingerprint density at radius 3 is 2.96 bits per heavy atom. The largest absolute Gasteiger partial charge is 0.480 e. The van der Waals surface area contributed by atoms with Crippen molar-refractivity contribution in [2.45, 2.75) is 32.9 Å². The van der Waals surface area contributed by atoms with Crippen LogP contribution in [0.1, 0.15) is 41.8 Å². The van der Waals surface area contributed by atoms with Crippen LogP contribution in [0.5, 0.6) is 5.88 Å². The molecule has 1 aliphatic rings. The number of aromatic nitrogens is 3. The predicted molar refractivity (Wildman–Crippen MR) is 92.7 cm³/mol. The number of imidazole rings is 1. The first-order chi connectivity index (χ1) is 12.2. The van der Waals surface area contributed by atoms with Crippen LogP contribution in [-0.4, -0.2) is 52.2 Å². The van der Waals surface area contributed by atoms with Crippen LogP contribution in [0.4, 0.5) is 0 Å². The number of methoxy groups -OCH3 is 1. The lowest BCUT2D eigenvalue weighted by Crippen LogP contribution is -2.41. The maximum Gasteiger partial charge on any atom is 0.260 e. The molecule has 7 heteroatoms. The Hall–Kier alpha value is -2.41. The summed E-state index contributed by atoms with van der Waals surface area (Å²) in [5, 5.41) is 0. The monoisotopic (exact) mass is 344 g/mol. The summed E-state index contributed by atoms with van der Waals surface area (Å²) < 4.78 is 12.9. The maximum absolute atomic E-state index is 13.0. The highest BCUT2D eigenvalue weighted by Crippen LogP contribution is 2.28. The van der Waals surface area contributed by atoms with Gasteiger partial charge >= 0.3 is 0 Å². The van der Waals surface area contributed by atoms with Crippen LogP contribution in [0.15, 0.2) is 24.5 Å². The molecule has 0 saturated carbocycles. The van der Waals surface area contributed by atoms with Gasteiger partial charge < -0.3 is 18.9 Å². The summed E-state index contributed by atoms with van der Waals surface area (Å²) in [6, 6.07) is 3.39. The number of carbonyl (C=O) groups is 1. The lowest BCUT2D eigenvalue weighted by molar-refractivity contribution is 0.0631. The van der Waals surface area contributed by atoms with Crippen molar-refractivity contribution in [2.24, 2.45) is 0 Å². The molecular weight excluding hydrogens is 320 g/mol. The fraction of sp³-hybridized carbons (Fsp3) is 0.500. The third kappa shape index (κ3) is 3.37. The molecule has 3 rings (SSSR count). The molecule has 0 aromatic carbocycles. The molecule has 2 aromatic rings. The Labute approximate surface area is 147 Å². The van der Waals surface area contributed by atoms with Crippen molar-refractivity contribution in [3.63, 3.8) is 0 Å². The molecule has 7 nitrogen and oxygen atoms in total. The molecule has 0 aliphatic carbocycles. The average Bonchev–Trinajstić information content (AvgIpc) is 3.06. The third-order valence-corrected chi connectivity index (χ3v) is 4.54. The summed E-state index contributed by atoms with van der Waals surface area (Å²) in [6.45, 7) is 6.76. The maximum atomic E-state index is 13.0. The predicted octanol–water partition coefficient (Wildman–Crippen LogP) is 2.08. The smallest absolute Gasteiger partial charge is 0.260 e. The summed E-state index contributed by atoms with van der Waals surface area (Å²) in [5.74, 6) is 1.18. The number of hydrogen-bond acceptors (Lipinski definition) is 5. The van der Waals surface area contributed by atoms with E-state index in [0.29, 0.717) is 31.2 Å². The second-order valence-corrected chi connectivity index (χ2v) is 5.94. The van der Waals surface area contributed by atoms with Gasteiger partial charge in [0, 0.05) is 44.2 Å². The molecule has 1 atom stereocenters. The van der Waals surface area contributed by atoms with Gasteiger partial charge in [-0.15, -0.1) is 0 Å². The first-order valence-electron chi connectivity index (χ1n) is 8.59. The minimum Gasteiger partial charge on any atom is -0.480 e. The minimum absolute atomic E-state index is 0.0810.